The minimum atomic E-state index is -1.92. The molecule has 36 nitrogen and oxygen atoms in total. The van der Waals surface area contributed by atoms with E-state index in [0.29, 0.717) is 5.56 Å². The van der Waals surface area contributed by atoms with Gasteiger partial charge < -0.3 is 99.6 Å². The van der Waals surface area contributed by atoms with Crippen molar-refractivity contribution in [3.63, 3.8) is 0 Å². The second-order valence-electron chi connectivity index (χ2n) is 24.0. The predicted molar refractivity (Wildman–Crippen MR) is 374 cm³/mol. The third kappa shape index (κ3) is 23.8. The number of phenolic OH excluding ortho intramolecular Hbond substituents is 2. The molecule has 102 heavy (non-hydrogen) atoms. The summed E-state index contributed by atoms with van der Waals surface area (Å²) in [6.07, 6.45) is -4.59. The molecule has 5 heterocycles. The summed E-state index contributed by atoms with van der Waals surface area (Å²) in [7, 11) is 3.17. The lowest BCUT2D eigenvalue weighted by Crippen LogP contribution is -2.61. The lowest BCUT2D eigenvalue weighted by atomic mass is 10.0. The number of benzene rings is 2. The average Bonchev–Trinajstić information content (AvgIpc) is 1.62. The third-order valence-corrected chi connectivity index (χ3v) is 23.6. The molecule has 0 spiro atoms. The number of carboxylic acid groups (broad SMARTS) is 2. The molecule has 5 aliphatic heterocycles. The number of nitrogens with one attached hydrogen (secondary N) is 12. The lowest BCUT2D eigenvalue weighted by Gasteiger charge is -2.30. The monoisotopic (exact) mass is 1540 g/mol. The van der Waals surface area contributed by atoms with Crippen molar-refractivity contribution in [2.75, 3.05) is 53.6 Å². The Balaban J connectivity index is 1.40. The first-order valence-corrected chi connectivity index (χ1v) is 38.9. The molecule has 5 aliphatic rings. The fraction of sp³-hybridized carbons (Fsp3) is 0.533. The topological polar surface area (TPSA) is 551 Å². The molecule has 6 bridgehead atoms. The van der Waals surface area contributed by atoms with Gasteiger partial charge in [-0.05, 0) is 68.5 Å². The van der Waals surface area contributed by atoms with Crippen LogP contribution in [0.1, 0.15) is 57.1 Å². The summed E-state index contributed by atoms with van der Waals surface area (Å²) in [5, 5.41) is 80.3. The van der Waals surface area contributed by atoms with E-state index >= 15 is 9.59 Å². The van der Waals surface area contributed by atoms with Crippen LogP contribution in [0.2, 0.25) is 0 Å². The molecule has 2 aromatic carbocycles. The first-order valence-electron chi connectivity index (χ1n) is 31.8. The summed E-state index contributed by atoms with van der Waals surface area (Å²) in [4.78, 5) is 229. The van der Waals surface area contributed by atoms with Gasteiger partial charge in [0.25, 0.3) is 5.91 Å². The van der Waals surface area contributed by atoms with Gasteiger partial charge in [0, 0.05) is 59.7 Å². The largest absolute Gasteiger partial charge is 0.508 e. The molecular formula is C60H79N15O21S6. The van der Waals surface area contributed by atoms with Gasteiger partial charge in [-0.2, -0.15) is 0 Å². The van der Waals surface area contributed by atoms with Crippen LogP contribution in [-0.2, 0) is 89.6 Å². The van der Waals surface area contributed by atoms with Gasteiger partial charge >= 0.3 is 11.9 Å². The number of hydrogen-bond acceptors (Lipinski definition) is 26. The molecule has 1 unspecified atom stereocenters. The number of rotatable bonds is 13. The molecule has 0 aromatic heterocycles. The van der Waals surface area contributed by atoms with Crippen molar-refractivity contribution in [2.45, 2.75) is 143 Å². The Kier molecular flexibility index (Phi) is 30.7. The maximum atomic E-state index is 15.2. The molecule has 5 saturated heterocycles. The molecule has 0 radical (unpaired) electrons. The Morgan fingerprint density at radius 3 is 1.80 bits per heavy atom. The molecule has 556 valence electrons. The predicted octanol–water partition coefficient (Wildman–Crippen LogP) is -5.62. The Bertz CT molecular complexity index is 3480. The SMILES string of the molecule is C[C@@H]1NC(=O)[C@@H]2CCCN2C(=O)[C@H](CC(N)=O)NC(=O)[C@@H]2CSCSC3NCN(C3=O)[C@H]3CSSC[C@H](NC1=O)C(=O)N[C@@H]([C@@H](C)O)C(=O)NCC(=O)N[C@H](C(=O)N[C@@H](Cc1ccc(O)cc1)C(=O)O)CSSC[C@H](NC(=O)[C@H](Cc1ccc(O)cc1)NC(=O)[C@H](CCC(=O)O)NC3=O)C(=O)N2. The van der Waals surface area contributed by atoms with Crippen LogP contribution >= 0.6 is 66.7 Å². The Morgan fingerprint density at radius 1 is 0.608 bits per heavy atom. The Hall–Kier alpha value is -8.42. The number of aromatic hydroxyl groups is 2. The normalized spacial score (nSPS) is 27.7. The maximum absolute atomic E-state index is 15.2. The number of amides is 14. The van der Waals surface area contributed by atoms with Crippen LogP contribution < -0.4 is 69.5 Å². The summed E-state index contributed by atoms with van der Waals surface area (Å²) in [6.45, 7) is 0.900. The molecule has 42 heteroatoms. The number of nitrogens with two attached hydrogens (primary N) is 1. The second-order valence-corrected chi connectivity index (χ2v) is 31.5. The van der Waals surface area contributed by atoms with Gasteiger partial charge in [-0.1, -0.05) is 67.4 Å². The van der Waals surface area contributed by atoms with Gasteiger partial charge in [0.15, 0.2) is 0 Å². The van der Waals surface area contributed by atoms with Crippen LogP contribution in [0.25, 0.3) is 0 Å². The summed E-state index contributed by atoms with van der Waals surface area (Å²) < 4.78 is 0. The lowest BCUT2D eigenvalue weighted by molar-refractivity contribution is -0.143. The van der Waals surface area contributed by atoms with E-state index in [0.717, 1.165) is 83.4 Å². The molecule has 0 aliphatic carbocycles. The van der Waals surface area contributed by atoms with Crippen molar-refractivity contribution < 1.29 is 102 Å². The Labute approximate surface area is 607 Å². The molecule has 14 amide bonds. The van der Waals surface area contributed by atoms with Gasteiger partial charge in [-0.25, -0.2) is 4.79 Å². The van der Waals surface area contributed by atoms with Crippen LogP contribution in [-0.4, -0.2) is 268 Å². The number of fused-ring (bicyclic) bond motifs is 17. The molecule has 0 saturated carbocycles. The van der Waals surface area contributed by atoms with Crippen LogP contribution in [0.3, 0.4) is 0 Å². The van der Waals surface area contributed by atoms with E-state index in [4.69, 9.17) is 5.73 Å². The van der Waals surface area contributed by atoms with E-state index in [-0.39, 0.29) is 66.1 Å². The highest BCUT2D eigenvalue weighted by molar-refractivity contribution is 8.77. The highest BCUT2D eigenvalue weighted by Gasteiger charge is 2.44. The summed E-state index contributed by atoms with van der Waals surface area (Å²) in [6, 6.07) is -9.79. The number of carboxylic acids is 2. The van der Waals surface area contributed by atoms with E-state index in [9.17, 15) is 92.7 Å². The van der Waals surface area contributed by atoms with Crippen molar-refractivity contribution in [1.29, 1.82) is 0 Å². The molecule has 14 atom stereocenters. The highest BCUT2D eigenvalue weighted by atomic mass is 33.1. The van der Waals surface area contributed by atoms with Crippen LogP contribution in [0.4, 0.5) is 0 Å². The van der Waals surface area contributed by atoms with Crippen LogP contribution in [0.15, 0.2) is 48.5 Å². The fourth-order valence-electron chi connectivity index (χ4n) is 10.7. The van der Waals surface area contributed by atoms with E-state index in [1.807, 2.05) is 0 Å². The summed E-state index contributed by atoms with van der Waals surface area (Å²) >= 11 is 1.95. The van der Waals surface area contributed by atoms with E-state index in [1.54, 1.807) is 0 Å². The quantitative estimate of drug-likeness (QED) is 0.0657. The van der Waals surface area contributed by atoms with E-state index in [2.05, 4.69) is 63.8 Å². The number of primary amides is 1. The summed E-state index contributed by atoms with van der Waals surface area (Å²) in [5.74, 6) is -20.5. The number of carbonyl (C=O) groups is 16. The first-order chi connectivity index (χ1) is 48.5. The zero-order valence-electron chi connectivity index (χ0n) is 54.7. The van der Waals surface area contributed by atoms with Gasteiger partial charge in [0.05, 0.1) is 25.7 Å². The number of aliphatic carboxylic acids is 2. The average molecular weight is 1540 g/mol. The Morgan fingerprint density at radius 2 is 1.17 bits per heavy atom. The van der Waals surface area contributed by atoms with Gasteiger partial charge in [0.2, 0.25) is 76.8 Å². The zero-order valence-corrected chi connectivity index (χ0v) is 59.6. The van der Waals surface area contributed by atoms with Crippen molar-refractivity contribution >= 4 is 161 Å². The van der Waals surface area contributed by atoms with Gasteiger partial charge in [-0.3, -0.25) is 77.2 Å². The van der Waals surface area contributed by atoms with Crippen LogP contribution in [0.5, 0.6) is 11.5 Å². The third-order valence-electron chi connectivity index (χ3n) is 16.3. The standard InChI is InChI=1S/C60H79N15O21S6/c1-27-47(83)70-40-23-101-102-24-42-55(91)66-33(13-14-45(81)82)48(84)67-34(16-29-5-9-31(77)10-6-29)49(85)72-39(22-100-99-21-38(65-44(80)19-62-56(92)46(28(2)76)73-53(40)89)51(87)69-36(60(95)96)17-30-7-11-32(78)12-8-30)52(88)71-37(20-97-26-98-57-59(94)75(42)25-63-57)50(86)68-35(18-43(61)79)58(93)74-15-3-4-41(74)54(90)64-27/h5-12,27-28,33-42,46,57,63,76-78H,3-4,13-26H2,1-2H3,(H2,61,79)(H,62,92)(H,64,90)(H,65,80)(H,66,91)(H,67,84)(H,68,86)(H,69,87)(H,70,83)(H,71,88)(H,72,85)(H,73,89)(H,81,82)(H,95,96)/t27-,28+,33-,34-,35-,36-,37-,38-,39-,40-,41-,42-,46-,57?/m0/s1. The smallest absolute Gasteiger partial charge is 0.326 e. The highest BCUT2D eigenvalue weighted by Crippen LogP contribution is 2.30. The number of aliphatic hydroxyl groups is 1. The van der Waals surface area contributed by atoms with Crippen molar-refractivity contribution in [1.82, 2.24) is 73.6 Å². The molecular weight excluding hydrogens is 1460 g/mol. The second kappa shape index (κ2) is 38.7. The zero-order chi connectivity index (χ0) is 74.5. The first kappa shape index (κ1) is 80.9. The van der Waals surface area contributed by atoms with E-state index in [1.165, 1.54) is 55.5 Å². The number of nitrogens with zero attached hydrogens (tertiary/aromatic N) is 2. The minimum Gasteiger partial charge on any atom is -0.508 e. The number of aliphatic hydroxyl groups excluding tert-OH is 1. The van der Waals surface area contributed by atoms with Crippen molar-refractivity contribution in [3.8, 4) is 11.5 Å². The summed E-state index contributed by atoms with van der Waals surface area (Å²) in [5.41, 5.74) is 6.29. The van der Waals surface area contributed by atoms with Crippen molar-refractivity contribution in [2.24, 2.45) is 5.73 Å². The fourth-order valence-corrected chi connectivity index (χ4v) is 17.7. The van der Waals surface area contributed by atoms with Gasteiger partial charge in [-0.15, -0.1) is 23.5 Å². The molecule has 2 aromatic rings. The maximum Gasteiger partial charge on any atom is 0.326 e. The molecule has 19 N–H and O–H groups in total. The van der Waals surface area contributed by atoms with Gasteiger partial charge in [0.1, 0.15) is 89.4 Å². The number of hydrogen-bond donors (Lipinski definition) is 18. The molecule has 7 rings (SSSR count). The molecule has 5 fully saturated rings. The van der Waals surface area contributed by atoms with E-state index < -0.39 is 228 Å². The number of carbonyl (C=O) groups excluding carboxylic acids is 14. The van der Waals surface area contributed by atoms with Crippen molar-refractivity contribution in [3.05, 3.63) is 59.7 Å². The minimum absolute atomic E-state index is 0.00128. The van der Waals surface area contributed by atoms with Crippen LogP contribution in [0, 0.1) is 0 Å². The number of phenols is 2. The number of thioether (sulfide) groups is 2.